The maximum atomic E-state index is 12.0. The zero-order valence-electron chi connectivity index (χ0n) is 10.8. The van der Waals surface area contributed by atoms with E-state index in [1.54, 1.807) is 19.9 Å². The number of aromatic hydroxyl groups is 1. The van der Waals surface area contributed by atoms with E-state index in [-0.39, 0.29) is 11.7 Å². The molecule has 0 aliphatic heterocycles. The molecule has 0 atom stereocenters. The molecule has 0 aliphatic rings. The number of phenolic OH excluding ortho intramolecular Hbond substituents is 1. The fourth-order valence-electron chi connectivity index (χ4n) is 2.13. The molecule has 2 rings (SSSR count). The SMILES string of the molecule is CCOC(=O)c1c(C)cc(O)c2ccc(C)cc12. The molecular formula is C15H16O3. The molecule has 0 aliphatic carbocycles. The third kappa shape index (κ3) is 2.04. The van der Waals surface area contributed by atoms with Crippen LogP contribution in [0.3, 0.4) is 0 Å². The lowest BCUT2D eigenvalue weighted by Gasteiger charge is -2.11. The lowest BCUT2D eigenvalue weighted by atomic mass is 9.97. The van der Waals surface area contributed by atoms with Crippen molar-refractivity contribution in [1.82, 2.24) is 0 Å². The van der Waals surface area contributed by atoms with Gasteiger partial charge < -0.3 is 9.84 Å². The van der Waals surface area contributed by atoms with Crippen molar-refractivity contribution in [3.63, 3.8) is 0 Å². The predicted octanol–water partition coefficient (Wildman–Crippen LogP) is 3.34. The van der Waals surface area contributed by atoms with Crippen LogP contribution in [-0.4, -0.2) is 17.7 Å². The summed E-state index contributed by atoms with van der Waals surface area (Å²) in [6.07, 6.45) is 0. The fraction of sp³-hybridized carbons (Fsp3) is 0.267. The van der Waals surface area contributed by atoms with E-state index in [9.17, 15) is 9.90 Å². The quantitative estimate of drug-likeness (QED) is 0.824. The van der Waals surface area contributed by atoms with E-state index in [2.05, 4.69) is 0 Å². The van der Waals surface area contributed by atoms with Crippen LogP contribution in [0.5, 0.6) is 5.75 Å². The van der Waals surface area contributed by atoms with Crippen molar-refractivity contribution in [2.75, 3.05) is 6.61 Å². The Hall–Kier alpha value is -2.03. The van der Waals surface area contributed by atoms with Crippen molar-refractivity contribution in [2.24, 2.45) is 0 Å². The number of fused-ring (bicyclic) bond motifs is 1. The van der Waals surface area contributed by atoms with Crippen molar-refractivity contribution < 1.29 is 14.6 Å². The smallest absolute Gasteiger partial charge is 0.339 e. The average Bonchev–Trinajstić information content (AvgIpc) is 2.28. The molecule has 0 heterocycles. The molecule has 0 radical (unpaired) electrons. The second-order valence-electron chi connectivity index (χ2n) is 4.36. The largest absolute Gasteiger partial charge is 0.507 e. The topological polar surface area (TPSA) is 46.5 Å². The molecule has 0 saturated heterocycles. The summed E-state index contributed by atoms with van der Waals surface area (Å²) in [5, 5.41) is 11.3. The lowest BCUT2D eigenvalue weighted by molar-refractivity contribution is 0.0528. The number of phenols is 1. The van der Waals surface area contributed by atoms with Gasteiger partial charge >= 0.3 is 5.97 Å². The van der Waals surface area contributed by atoms with E-state index >= 15 is 0 Å². The number of benzene rings is 2. The average molecular weight is 244 g/mol. The van der Waals surface area contributed by atoms with Crippen molar-refractivity contribution in [1.29, 1.82) is 0 Å². The minimum atomic E-state index is -0.342. The van der Waals surface area contributed by atoms with Gasteiger partial charge in [0.05, 0.1) is 12.2 Å². The van der Waals surface area contributed by atoms with Gasteiger partial charge in [-0.3, -0.25) is 0 Å². The molecule has 0 fully saturated rings. The van der Waals surface area contributed by atoms with Crippen molar-refractivity contribution in [3.8, 4) is 5.75 Å². The summed E-state index contributed by atoms with van der Waals surface area (Å²) in [6.45, 7) is 5.87. The Balaban J connectivity index is 2.78. The van der Waals surface area contributed by atoms with Gasteiger partial charge in [-0.25, -0.2) is 4.79 Å². The molecule has 3 heteroatoms. The van der Waals surface area contributed by atoms with Crippen LogP contribution in [0.15, 0.2) is 24.3 Å². The Kier molecular flexibility index (Phi) is 3.24. The van der Waals surface area contributed by atoms with E-state index in [0.717, 1.165) is 16.5 Å². The number of hydrogen-bond acceptors (Lipinski definition) is 3. The third-order valence-electron chi connectivity index (χ3n) is 2.95. The predicted molar refractivity (Wildman–Crippen MR) is 71.0 cm³/mol. The highest BCUT2D eigenvalue weighted by Crippen LogP contribution is 2.31. The zero-order chi connectivity index (χ0) is 13.3. The molecule has 0 aromatic heterocycles. The molecule has 3 nitrogen and oxygen atoms in total. The molecule has 18 heavy (non-hydrogen) atoms. The highest BCUT2D eigenvalue weighted by Gasteiger charge is 2.16. The summed E-state index contributed by atoms with van der Waals surface area (Å²) in [5.41, 5.74) is 2.30. The first kappa shape index (κ1) is 12.4. The van der Waals surface area contributed by atoms with Crippen LogP contribution in [-0.2, 0) is 4.74 Å². The minimum absolute atomic E-state index is 0.190. The van der Waals surface area contributed by atoms with Crippen molar-refractivity contribution in [2.45, 2.75) is 20.8 Å². The second-order valence-corrected chi connectivity index (χ2v) is 4.36. The first-order valence-electron chi connectivity index (χ1n) is 5.94. The molecule has 2 aromatic carbocycles. The molecular weight excluding hydrogens is 228 g/mol. The normalized spacial score (nSPS) is 10.6. The van der Waals surface area contributed by atoms with Gasteiger partial charge in [0, 0.05) is 10.8 Å². The fourth-order valence-corrected chi connectivity index (χ4v) is 2.13. The molecule has 0 bridgehead atoms. The van der Waals surface area contributed by atoms with Gasteiger partial charge in [-0.2, -0.15) is 0 Å². The van der Waals surface area contributed by atoms with Gasteiger partial charge in [0.25, 0.3) is 0 Å². The van der Waals surface area contributed by atoms with Gasteiger partial charge in [0.1, 0.15) is 5.75 Å². The van der Waals surface area contributed by atoms with Crippen LogP contribution in [0.4, 0.5) is 0 Å². The highest BCUT2D eigenvalue weighted by atomic mass is 16.5. The van der Waals surface area contributed by atoms with E-state index in [1.165, 1.54) is 0 Å². The van der Waals surface area contributed by atoms with Crippen LogP contribution >= 0.6 is 0 Å². The van der Waals surface area contributed by atoms with Gasteiger partial charge in [0.2, 0.25) is 0 Å². The van der Waals surface area contributed by atoms with Gasteiger partial charge in [-0.05, 0) is 32.4 Å². The minimum Gasteiger partial charge on any atom is -0.507 e. The van der Waals surface area contributed by atoms with E-state index in [4.69, 9.17) is 4.74 Å². The third-order valence-corrected chi connectivity index (χ3v) is 2.95. The zero-order valence-corrected chi connectivity index (χ0v) is 10.8. The Labute approximate surface area is 106 Å². The number of ether oxygens (including phenoxy) is 1. The number of rotatable bonds is 2. The van der Waals surface area contributed by atoms with Crippen molar-refractivity contribution in [3.05, 3.63) is 41.0 Å². The molecule has 0 saturated carbocycles. The molecule has 0 amide bonds. The van der Waals surface area contributed by atoms with Gasteiger partial charge in [0.15, 0.2) is 0 Å². The summed E-state index contributed by atoms with van der Waals surface area (Å²) in [4.78, 5) is 12.0. The van der Waals surface area contributed by atoms with Crippen LogP contribution < -0.4 is 0 Å². The first-order chi connectivity index (χ1) is 8.54. The molecule has 2 aromatic rings. The van der Waals surface area contributed by atoms with Gasteiger partial charge in [-0.15, -0.1) is 0 Å². The molecule has 1 N–H and O–H groups in total. The summed E-state index contributed by atoms with van der Waals surface area (Å²) in [6, 6.07) is 7.23. The highest BCUT2D eigenvalue weighted by molar-refractivity contribution is 6.07. The van der Waals surface area contributed by atoms with Crippen LogP contribution in [0, 0.1) is 13.8 Å². The summed E-state index contributed by atoms with van der Waals surface area (Å²) < 4.78 is 5.08. The van der Waals surface area contributed by atoms with Crippen LogP contribution in [0.25, 0.3) is 10.8 Å². The standard InChI is InChI=1S/C15H16O3/c1-4-18-15(17)14-10(3)8-13(16)11-6-5-9(2)7-12(11)14/h5-8,16H,4H2,1-3H3. The first-order valence-corrected chi connectivity index (χ1v) is 5.94. The Morgan fingerprint density at radius 2 is 1.94 bits per heavy atom. The van der Waals surface area contributed by atoms with E-state index < -0.39 is 0 Å². The maximum Gasteiger partial charge on any atom is 0.339 e. The monoisotopic (exact) mass is 244 g/mol. The maximum absolute atomic E-state index is 12.0. The number of aryl methyl sites for hydroxylation is 2. The number of esters is 1. The molecule has 0 unspecified atom stereocenters. The molecule has 94 valence electrons. The van der Waals surface area contributed by atoms with E-state index in [0.29, 0.717) is 17.6 Å². The summed E-state index contributed by atoms with van der Waals surface area (Å²) in [7, 11) is 0. The van der Waals surface area contributed by atoms with E-state index in [1.807, 2.05) is 25.1 Å². The van der Waals surface area contributed by atoms with Crippen LogP contribution in [0.2, 0.25) is 0 Å². The second kappa shape index (κ2) is 4.69. The number of carbonyl (C=O) groups is 1. The Morgan fingerprint density at radius 3 is 2.61 bits per heavy atom. The van der Waals surface area contributed by atoms with Gasteiger partial charge in [-0.1, -0.05) is 23.8 Å². The Bertz CT molecular complexity index is 615. The Morgan fingerprint density at radius 1 is 1.22 bits per heavy atom. The number of hydrogen-bond donors (Lipinski definition) is 1. The number of carbonyl (C=O) groups excluding carboxylic acids is 1. The summed E-state index contributed by atoms with van der Waals surface area (Å²) >= 11 is 0. The van der Waals surface area contributed by atoms with Crippen molar-refractivity contribution >= 4 is 16.7 Å². The lowest BCUT2D eigenvalue weighted by Crippen LogP contribution is -2.07. The summed E-state index contributed by atoms with van der Waals surface area (Å²) in [5.74, 6) is -0.152. The van der Waals surface area contributed by atoms with Crippen LogP contribution in [0.1, 0.15) is 28.4 Å². The molecule has 0 spiro atoms.